The molecular formula is C14H30Cl4NiP2-. The topological polar surface area (TPSA) is 0 Å². The molecule has 0 aliphatic carbocycles. The summed E-state index contributed by atoms with van der Waals surface area (Å²) in [5.74, 6) is 0. The van der Waals surface area contributed by atoms with Gasteiger partial charge in [0.05, 0.1) is 0 Å². The van der Waals surface area contributed by atoms with E-state index in [0.717, 1.165) is 0 Å². The van der Waals surface area contributed by atoms with Gasteiger partial charge in [-0.15, -0.1) is 39.0 Å². The van der Waals surface area contributed by atoms with Gasteiger partial charge in [-0.3, -0.25) is 0 Å². The van der Waals surface area contributed by atoms with Crippen LogP contribution in [0.25, 0.3) is 0 Å². The quantitative estimate of drug-likeness (QED) is 0.214. The Bertz CT molecular complexity index is 161. The third-order valence-electron chi connectivity index (χ3n) is 2.75. The molecule has 0 rings (SSSR count). The van der Waals surface area contributed by atoms with Crippen LogP contribution in [0.2, 0.25) is 0 Å². The van der Waals surface area contributed by atoms with Crippen LogP contribution < -0.4 is 0 Å². The Kier molecular flexibility index (Phi) is 44.6. The molecule has 0 aromatic heterocycles. The van der Waals surface area contributed by atoms with Crippen LogP contribution in [0.15, 0.2) is 4.49 Å². The fraction of sp³-hybridized carbons (Fsp3) is 0.857. The standard InChI is InChI=1S/2C6H15P.C2Cl3.ClH.Ni/c2*1-4-7(5-2)6-3;3-1-2(4)5;;/h2*4-6H2,1-3H3;;1H;/q;;-1;;+1/p-1. The fourth-order valence-corrected chi connectivity index (χ4v) is 4.02. The summed E-state index contributed by atoms with van der Waals surface area (Å²) < 4.78 is -0.0355. The van der Waals surface area contributed by atoms with E-state index in [1.807, 2.05) is 5.54 Å². The van der Waals surface area contributed by atoms with Gasteiger partial charge in [-0.25, -0.2) is 0 Å². The molecule has 0 unspecified atom stereocenters. The van der Waals surface area contributed by atoms with Crippen LogP contribution in [0.3, 0.4) is 0 Å². The molecule has 0 heterocycles. The van der Waals surface area contributed by atoms with Gasteiger partial charge < -0.3 is 17.1 Å². The van der Waals surface area contributed by atoms with Crippen LogP contribution in [-0.2, 0) is 14.6 Å². The Morgan fingerprint density at radius 1 is 0.714 bits per heavy atom. The summed E-state index contributed by atoms with van der Waals surface area (Å²) in [6.45, 7) is 13.7. The van der Waals surface area contributed by atoms with Crippen LogP contribution in [0.5, 0.6) is 0 Å². The zero-order valence-corrected chi connectivity index (χ0v) is 19.8. The molecule has 0 atom stereocenters. The zero-order chi connectivity index (χ0) is 17.7. The van der Waals surface area contributed by atoms with E-state index in [1.54, 1.807) is 0 Å². The Labute approximate surface area is 163 Å². The molecule has 0 aromatic carbocycles. The third kappa shape index (κ3) is 34.6. The van der Waals surface area contributed by atoms with E-state index in [0.29, 0.717) is 15.8 Å². The van der Waals surface area contributed by atoms with Gasteiger partial charge in [0.1, 0.15) is 0 Å². The minimum absolute atomic E-state index is 0.0355. The predicted octanol–water partition coefficient (Wildman–Crippen LogP) is 8.05. The molecule has 0 amide bonds. The summed E-state index contributed by atoms with van der Waals surface area (Å²) in [4.78, 5) is 0. The maximum atomic E-state index is 4.90. The van der Waals surface area contributed by atoms with Crippen molar-refractivity contribution >= 4 is 60.8 Å². The van der Waals surface area contributed by atoms with Crippen molar-refractivity contribution in [2.45, 2.75) is 41.5 Å². The van der Waals surface area contributed by atoms with Gasteiger partial charge >= 0.3 is 24.8 Å². The Morgan fingerprint density at radius 3 is 0.857 bits per heavy atom. The van der Waals surface area contributed by atoms with Crippen molar-refractivity contribution in [3.05, 3.63) is 10.0 Å². The van der Waals surface area contributed by atoms with E-state index in [1.165, 1.54) is 37.0 Å². The number of hydrogen-bond donors (Lipinski definition) is 0. The first-order valence-electron chi connectivity index (χ1n) is 7.08. The van der Waals surface area contributed by atoms with Crippen molar-refractivity contribution in [3.8, 4) is 0 Å². The van der Waals surface area contributed by atoms with Crippen molar-refractivity contribution in [1.29, 1.82) is 0 Å². The molecule has 0 aromatic rings. The monoisotopic (exact) mass is 458 g/mol. The van der Waals surface area contributed by atoms with Gasteiger partial charge in [-0.2, -0.15) is 0 Å². The molecule has 21 heavy (non-hydrogen) atoms. The first kappa shape index (κ1) is 31.1. The summed E-state index contributed by atoms with van der Waals surface area (Å²) in [6, 6.07) is 0. The van der Waals surface area contributed by atoms with Gasteiger partial charge in [0.25, 0.3) is 0 Å². The Balaban J connectivity index is -0.0000000986. The second-order valence-electron chi connectivity index (χ2n) is 3.59. The average Bonchev–Trinajstić information content (AvgIpc) is 2.54. The Morgan fingerprint density at radius 2 is 0.857 bits per heavy atom. The number of halogens is 4. The van der Waals surface area contributed by atoms with Crippen molar-refractivity contribution in [1.82, 2.24) is 0 Å². The molecule has 0 aliphatic heterocycles. The summed E-state index contributed by atoms with van der Waals surface area (Å²) in [5, 5.41) is 0. The van der Waals surface area contributed by atoms with Crippen molar-refractivity contribution in [2.24, 2.45) is 0 Å². The van der Waals surface area contributed by atoms with Gasteiger partial charge in [0.2, 0.25) is 0 Å². The molecule has 135 valence electrons. The number of hydrogen-bond acceptors (Lipinski definition) is 0. The molecule has 0 radical (unpaired) electrons. The summed E-state index contributed by atoms with van der Waals surface area (Å²) in [6.07, 6.45) is 8.51. The molecule has 0 nitrogen and oxygen atoms in total. The summed E-state index contributed by atoms with van der Waals surface area (Å²) in [7, 11) is 5.16. The van der Waals surface area contributed by atoms with Crippen molar-refractivity contribution < 1.29 is 14.6 Å². The molecule has 0 spiro atoms. The normalized spacial score (nSPS) is 8.86. The molecule has 0 saturated carbocycles. The molecule has 0 bridgehead atoms. The van der Waals surface area contributed by atoms with Crippen LogP contribution >= 0.6 is 60.8 Å². The van der Waals surface area contributed by atoms with E-state index in [-0.39, 0.29) is 4.49 Å². The predicted molar refractivity (Wildman–Crippen MR) is 107 cm³/mol. The first-order chi connectivity index (χ1) is 9.96. The molecule has 7 heteroatoms. The maximum absolute atomic E-state index is 4.90. The minimum atomic E-state index is -0.0355. The molecule has 0 fully saturated rings. The van der Waals surface area contributed by atoms with Crippen LogP contribution in [0.1, 0.15) is 41.5 Å². The first-order valence-corrected chi connectivity index (χ1v) is 13.4. The van der Waals surface area contributed by atoms with E-state index in [4.69, 9.17) is 34.8 Å². The van der Waals surface area contributed by atoms with E-state index in [9.17, 15) is 0 Å². The second kappa shape index (κ2) is 30.2. The van der Waals surface area contributed by atoms with Crippen LogP contribution in [-0.4, -0.2) is 37.0 Å². The van der Waals surface area contributed by atoms with Gasteiger partial charge in [0, 0.05) is 0 Å². The Hall–Kier alpha value is 2.25. The van der Waals surface area contributed by atoms with E-state index >= 15 is 0 Å². The third-order valence-corrected chi connectivity index (χ3v) is 8.69. The summed E-state index contributed by atoms with van der Waals surface area (Å²) in [5.41, 5.74) is 1.95. The van der Waals surface area contributed by atoms with E-state index < -0.39 is 0 Å². The zero-order valence-electron chi connectivity index (χ0n) is 14.0. The molecule has 0 N–H and O–H groups in total. The molecule has 0 saturated heterocycles. The van der Waals surface area contributed by atoms with Gasteiger partial charge in [0.15, 0.2) is 0 Å². The summed E-state index contributed by atoms with van der Waals surface area (Å²) >= 11 is 17.9. The van der Waals surface area contributed by atoms with Gasteiger partial charge in [-0.05, 0) is 37.0 Å². The van der Waals surface area contributed by atoms with Crippen LogP contribution in [0, 0.1) is 5.54 Å². The van der Waals surface area contributed by atoms with Crippen molar-refractivity contribution in [3.63, 3.8) is 0 Å². The molecule has 0 aliphatic rings. The van der Waals surface area contributed by atoms with Crippen LogP contribution in [0.4, 0.5) is 0 Å². The molecular weight excluding hydrogens is 431 g/mol. The average molecular weight is 461 g/mol. The number of rotatable bonds is 6. The van der Waals surface area contributed by atoms with Crippen molar-refractivity contribution in [2.75, 3.05) is 37.0 Å². The van der Waals surface area contributed by atoms with E-state index in [2.05, 4.69) is 66.3 Å². The van der Waals surface area contributed by atoms with Gasteiger partial charge in [-0.1, -0.05) is 46.0 Å². The second-order valence-corrected chi connectivity index (χ2v) is 11.2. The SMILES string of the molecule is CCP(CC)CC.CCP(CC)CC.Cl[C-]=C(Cl)Cl.[Cl][Ni]. The fourth-order valence-electron chi connectivity index (χ4n) is 1.34.